The molecule has 1 atom stereocenters. The Kier molecular flexibility index (Phi) is 4.35. The van der Waals surface area contributed by atoms with Crippen LogP contribution >= 0.6 is 11.3 Å². The second kappa shape index (κ2) is 6.19. The molecule has 2 N–H and O–H groups in total. The Bertz CT molecular complexity index is 543. The summed E-state index contributed by atoms with van der Waals surface area (Å²) in [5, 5.41) is 2.80. The van der Waals surface area contributed by atoms with E-state index in [1.165, 1.54) is 11.3 Å². The first-order chi connectivity index (χ1) is 9.15. The number of amides is 1. The Labute approximate surface area is 115 Å². The van der Waals surface area contributed by atoms with E-state index in [1.54, 1.807) is 31.3 Å². The van der Waals surface area contributed by atoms with Gasteiger partial charge in [0.25, 0.3) is 5.91 Å². The molecule has 1 aromatic heterocycles. The van der Waals surface area contributed by atoms with Gasteiger partial charge in [0.05, 0.1) is 0 Å². The van der Waals surface area contributed by atoms with E-state index in [4.69, 9.17) is 15.2 Å². The largest absolute Gasteiger partial charge is 0.486 e. The van der Waals surface area contributed by atoms with Crippen molar-refractivity contribution >= 4 is 17.2 Å². The van der Waals surface area contributed by atoms with Gasteiger partial charge in [0.1, 0.15) is 23.1 Å². The van der Waals surface area contributed by atoms with Crippen molar-refractivity contribution in [2.75, 3.05) is 0 Å². The van der Waals surface area contributed by atoms with Crippen molar-refractivity contribution in [1.82, 2.24) is 4.98 Å². The highest BCUT2D eigenvalue weighted by Crippen LogP contribution is 2.21. The molecular weight excluding hydrogens is 264 g/mol. The summed E-state index contributed by atoms with van der Waals surface area (Å²) < 4.78 is 11.0. The zero-order valence-electron chi connectivity index (χ0n) is 10.4. The number of aromatic nitrogens is 1. The van der Waals surface area contributed by atoms with Crippen LogP contribution in [0.1, 0.15) is 11.9 Å². The summed E-state index contributed by atoms with van der Waals surface area (Å²) >= 11 is 1.53. The number of rotatable bonds is 6. The van der Waals surface area contributed by atoms with E-state index in [1.807, 2.05) is 11.4 Å². The molecule has 19 heavy (non-hydrogen) atoms. The highest BCUT2D eigenvalue weighted by molar-refractivity contribution is 7.09. The van der Waals surface area contributed by atoms with Crippen LogP contribution in [-0.4, -0.2) is 17.0 Å². The van der Waals surface area contributed by atoms with Crippen LogP contribution in [0.2, 0.25) is 0 Å². The van der Waals surface area contributed by atoms with Crippen molar-refractivity contribution < 1.29 is 14.3 Å². The predicted molar refractivity (Wildman–Crippen MR) is 72.2 cm³/mol. The lowest BCUT2D eigenvalue weighted by Crippen LogP contribution is -2.30. The number of carbonyl (C=O) groups is 1. The molecule has 0 aliphatic rings. The van der Waals surface area contributed by atoms with Crippen LogP contribution in [0.5, 0.6) is 11.5 Å². The van der Waals surface area contributed by atoms with E-state index in [9.17, 15) is 4.79 Å². The molecule has 2 rings (SSSR count). The molecule has 0 radical (unpaired) electrons. The number of hydrogen-bond acceptors (Lipinski definition) is 5. The fraction of sp³-hybridized carbons (Fsp3) is 0.231. The molecule has 0 aliphatic carbocycles. The van der Waals surface area contributed by atoms with E-state index in [2.05, 4.69) is 4.98 Å². The molecule has 0 aliphatic heterocycles. The lowest BCUT2D eigenvalue weighted by atomic mass is 10.3. The monoisotopic (exact) mass is 278 g/mol. The number of thiazole rings is 1. The van der Waals surface area contributed by atoms with E-state index < -0.39 is 12.0 Å². The number of hydrogen-bond donors (Lipinski definition) is 1. The second-order valence-corrected chi connectivity index (χ2v) is 4.83. The second-order valence-electron chi connectivity index (χ2n) is 3.85. The Hall–Kier alpha value is -2.08. The van der Waals surface area contributed by atoms with E-state index in [-0.39, 0.29) is 0 Å². The Morgan fingerprint density at radius 3 is 2.95 bits per heavy atom. The minimum atomic E-state index is -0.672. The normalized spacial score (nSPS) is 11.8. The molecule has 100 valence electrons. The molecule has 2 aromatic rings. The number of benzene rings is 1. The number of nitrogens with zero attached hydrogens (tertiary/aromatic N) is 1. The van der Waals surface area contributed by atoms with Gasteiger partial charge in [-0.25, -0.2) is 4.98 Å². The highest BCUT2D eigenvalue weighted by Gasteiger charge is 2.10. The van der Waals surface area contributed by atoms with Crippen molar-refractivity contribution in [2.24, 2.45) is 5.73 Å². The minimum Gasteiger partial charge on any atom is -0.486 e. The van der Waals surface area contributed by atoms with Gasteiger partial charge in [-0.05, 0) is 19.1 Å². The van der Waals surface area contributed by atoms with Gasteiger partial charge in [-0.1, -0.05) is 6.07 Å². The lowest BCUT2D eigenvalue weighted by Gasteiger charge is -2.12. The molecular formula is C13H14N2O3S. The highest BCUT2D eigenvalue weighted by atomic mass is 32.1. The van der Waals surface area contributed by atoms with Gasteiger partial charge in [0.2, 0.25) is 0 Å². The average Bonchev–Trinajstić information content (AvgIpc) is 2.90. The summed E-state index contributed by atoms with van der Waals surface area (Å²) in [4.78, 5) is 15.1. The van der Waals surface area contributed by atoms with Gasteiger partial charge in [-0.2, -0.15) is 0 Å². The molecule has 1 aromatic carbocycles. The summed E-state index contributed by atoms with van der Waals surface area (Å²) in [7, 11) is 0. The van der Waals surface area contributed by atoms with E-state index >= 15 is 0 Å². The zero-order valence-corrected chi connectivity index (χ0v) is 11.2. The van der Waals surface area contributed by atoms with Gasteiger partial charge >= 0.3 is 0 Å². The number of carbonyl (C=O) groups excluding carboxylic acids is 1. The van der Waals surface area contributed by atoms with Crippen LogP contribution < -0.4 is 15.2 Å². The Morgan fingerprint density at radius 2 is 2.26 bits per heavy atom. The molecule has 0 fully saturated rings. The van der Waals surface area contributed by atoms with Crippen molar-refractivity contribution in [3.63, 3.8) is 0 Å². The maximum atomic E-state index is 10.9. The Balaban J connectivity index is 1.96. The molecule has 1 unspecified atom stereocenters. The standard InChI is InChI=1S/C13H14N2O3S/c1-9(13(14)16)18-11-4-2-3-10(7-11)17-8-12-15-5-6-19-12/h2-7,9H,8H2,1H3,(H2,14,16). The van der Waals surface area contributed by atoms with Crippen molar-refractivity contribution in [2.45, 2.75) is 19.6 Å². The summed E-state index contributed by atoms with van der Waals surface area (Å²) in [5.74, 6) is 0.696. The summed E-state index contributed by atoms with van der Waals surface area (Å²) in [6.07, 6.45) is 1.06. The molecule has 1 heterocycles. The van der Waals surface area contributed by atoms with E-state index in [0.29, 0.717) is 18.1 Å². The molecule has 5 nitrogen and oxygen atoms in total. The topological polar surface area (TPSA) is 74.4 Å². The van der Waals surface area contributed by atoms with Crippen molar-refractivity contribution in [3.05, 3.63) is 40.8 Å². The maximum absolute atomic E-state index is 10.9. The van der Waals surface area contributed by atoms with Crippen LogP contribution in [0.3, 0.4) is 0 Å². The van der Waals surface area contributed by atoms with Gasteiger partial charge in [0, 0.05) is 17.6 Å². The van der Waals surface area contributed by atoms with Crippen LogP contribution in [-0.2, 0) is 11.4 Å². The van der Waals surface area contributed by atoms with Crippen LogP contribution in [0.25, 0.3) is 0 Å². The van der Waals surface area contributed by atoms with Gasteiger partial charge in [-0.3, -0.25) is 4.79 Å². The fourth-order valence-corrected chi connectivity index (χ4v) is 1.90. The minimum absolute atomic E-state index is 0.409. The predicted octanol–water partition coefficient (Wildman–Crippen LogP) is 1.97. The summed E-state index contributed by atoms with van der Waals surface area (Å²) in [5.41, 5.74) is 5.14. The molecule has 0 saturated heterocycles. The quantitative estimate of drug-likeness (QED) is 0.876. The molecule has 6 heteroatoms. The molecule has 0 bridgehead atoms. The van der Waals surface area contributed by atoms with Crippen LogP contribution in [0, 0.1) is 0 Å². The number of ether oxygens (including phenoxy) is 2. The molecule has 0 spiro atoms. The summed E-state index contributed by atoms with van der Waals surface area (Å²) in [6.45, 7) is 2.01. The third kappa shape index (κ3) is 3.96. The molecule has 0 saturated carbocycles. The lowest BCUT2D eigenvalue weighted by molar-refractivity contribution is -0.123. The number of primary amides is 1. The first-order valence-electron chi connectivity index (χ1n) is 5.72. The SMILES string of the molecule is CC(Oc1cccc(OCc2nccs2)c1)C(N)=O. The smallest absolute Gasteiger partial charge is 0.258 e. The Morgan fingerprint density at radius 1 is 1.47 bits per heavy atom. The van der Waals surface area contributed by atoms with Gasteiger partial charge in [-0.15, -0.1) is 11.3 Å². The number of nitrogens with two attached hydrogens (primary N) is 1. The third-order valence-corrected chi connectivity index (χ3v) is 3.12. The van der Waals surface area contributed by atoms with E-state index in [0.717, 1.165) is 5.01 Å². The first-order valence-corrected chi connectivity index (χ1v) is 6.60. The van der Waals surface area contributed by atoms with Crippen LogP contribution in [0.4, 0.5) is 0 Å². The molecule has 1 amide bonds. The third-order valence-electron chi connectivity index (χ3n) is 2.36. The average molecular weight is 278 g/mol. The van der Waals surface area contributed by atoms with Gasteiger partial charge in [0.15, 0.2) is 6.10 Å². The summed E-state index contributed by atoms with van der Waals surface area (Å²) in [6, 6.07) is 7.07. The zero-order chi connectivity index (χ0) is 13.7. The fourth-order valence-electron chi connectivity index (χ4n) is 1.37. The van der Waals surface area contributed by atoms with Gasteiger partial charge < -0.3 is 15.2 Å². The van der Waals surface area contributed by atoms with Crippen molar-refractivity contribution in [3.8, 4) is 11.5 Å². The van der Waals surface area contributed by atoms with Crippen molar-refractivity contribution in [1.29, 1.82) is 0 Å². The van der Waals surface area contributed by atoms with Crippen LogP contribution in [0.15, 0.2) is 35.8 Å². The maximum Gasteiger partial charge on any atom is 0.258 e. The first kappa shape index (κ1) is 13.4.